The second-order valence-electron chi connectivity index (χ2n) is 7.17. The van der Waals surface area contributed by atoms with Crippen molar-refractivity contribution < 1.29 is 14.3 Å². The van der Waals surface area contributed by atoms with Crippen LogP contribution in [0.4, 0.5) is 5.69 Å². The van der Waals surface area contributed by atoms with Crippen LogP contribution in [0.2, 0.25) is 0 Å². The molecular formula is C24H27N3O3. The van der Waals surface area contributed by atoms with Crippen LogP contribution in [0.5, 0.6) is 0 Å². The summed E-state index contributed by atoms with van der Waals surface area (Å²) < 4.78 is 7.02. The third kappa shape index (κ3) is 4.76. The van der Waals surface area contributed by atoms with E-state index < -0.39 is 5.97 Å². The number of carbonyl (C=O) groups is 2. The third-order valence-corrected chi connectivity index (χ3v) is 4.95. The van der Waals surface area contributed by atoms with Gasteiger partial charge in [0.2, 0.25) is 0 Å². The number of benzene rings is 2. The van der Waals surface area contributed by atoms with E-state index in [9.17, 15) is 9.59 Å². The number of hydrogen-bond acceptors (Lipinski definition) is 4. The lowest BCUT2D eigenvalue weighted by atomic mass is 10.0. The minimum atomic E-state index is -0.537. The number of anilines is 1. The maximum atomic E-state index is 12.4. The first-order valence-electron chi connectivity index (χ1n) is 10.1. The lowest BCUT2D eigenvalue weighted by Crippen LogP contribution is -2.22. The maximum Gasteiger partial charge on any atom is 0.338 e. The van der Waals surface area contributed by atoms with Crippen molar-refractivity contribution in [3.05, 3.63) is 76.6 Å². The van der Waals surface area contributed by atoms with Gasteiger partial charge in [-0.05, 0) is 68.1 Å². The number of carbonyl (C=O) groups excluding carboxylic acids is 2. The third-order valence-electron chi connectivity index (χ3n) is 4.95. The molecule has 3 aromatic rings. The molecule has 0 saturated carbocycles. The Morgan fingerprint density at radius 2 is 1.63 bits per heavy atom. The standard InChI is InChI=1S/C24H27N3O3/c1-5-18-8-7-9-19(6-2)23(18)25-22(28)15-30-24(29)20-10-12-21(13-11-20)27-17(4)14-16(3)26-27/h7-14H,5-6,15H2,1-4H3,(H,25,28). The molecule has 0 aliphatic carbocycles. The molecule has 0 fully saturated rings. The van der Waals surface area contributed by atoms with Gasteiger partial charge in [0.25, 0.3) is 5.91 Å². The lowest BCUT2D eigenvalue weighted by molar-refractivity contribution is -0.119. The number of hydrogen-bond donors (Lipinski definition) is 1. The average Bonchev–Trinajstić information content (AvgIpc) is 3.10. The minimum absolute atomic E-state index is 0.334. The summed E-state index contributed by atoms with van der Waals surface area (Å²) in [7, 11) is 0. The SMILES string of the molecule is CCc1cccc(CC)c1NC(=O)COC(=O)c1ccc(-n2nc(C)cc2C)cc1. The van der Waals surface area contributed by atoms with E-state index in [4.69, 9.17) is 4.74 Å². The molecule has 1 amide bonds. The van der Waals surface area contributed by atoms with Crippen molar-refractivity contribution in [2.24, 2.45) is 0 Å². The Morgan fingerprint density at radius 1 is 1.00 bits per heavy atom. The van der Waals surface area contributed by atoms with Crippen LogP contribution in [0.1, 0.15) is 46.7 Å². The van der Waals surface area contributed by atoms with Crippen LogP contribution in [0, 0.1) is 13.8 Å². The van der Waals surface area contributed by atoms with Gasteiger partial charge in [0.05, 0.1) is 16.9 Å². The molecule has 0 atom stereocenters. The quantitative estimate of drug-likeness (QED) is 0.591. The zero-order chi connectivity index (χ0) is 21.7. The van der Waals surface area contributed by atoms with Gasteiger partial charge in [-0.2, -0.15) is 5.10 Å². The zero-order valence-corrected chi connectivity index (χ0v) is 17.9. The lowest BCUT2D eigenvalue weighted by Gasteiger charge is -2.14. The van der Waals surface area contributed by atoms with E-state index in [1.165, 1.54) is 0 Å². The molecule has 6 heteroatoms. The van der Waals surface area contributed by atoms with Crippen LogP contribution < -0.4 is 5.32 Å². The van der Waals surface area contributed by atoms with Gasteiger partial charge >= 0.3 is 5.97 Å². The molecule has 0 unspecified atom stereocenters. The van der Waals surface area contributed by atoms with E-state index in [0.29, 0.717) is 5.56 Å². The van der Waals surface area contributed by atoms with Crippen LogP contribution in [-0.4, -0.2) is 28.3 Å². The highest BCUT2D eigenvalue weighted by atomic mass is 16.5. The van der Waals surface area contributed by atoms with E-state index in [2.05, 4.69) is 10.4 Å². The molecule has 1 N–H and O–H groups in total. The Balaban J connectivity index is 1.62. The summed E-state index contributed by atoms with van der Waals surface area (Å²) in [5.41, 5.74) is 6.13. The van der Waals surface area contributed by atoms with Gasteiger partial charge in [0, 0.05) is 11.4 Å². The van der Waals surface area contributed by atoms with E-state index >= 15 is 0 Å². The molecule has 0 spiro atoms. The summed E-state index contributed by atoms with van der Waals surface area (Å²) in [6, 6.07) is 14.9. The number of para-hydroxylation sites is 1. The first-order valence-corrected chi connectivity index (χ1v) is 10.1. The van der Waals surface area contributed by atoms with Crippen LogP contribution in [0.25, 0.3) is 5.69 Å². The predicted octanol–water partition coefficient (Wildman–Crippen LogP) is 4.41. The number of rotatable bonds is 7. The monoisotopic (exact) mass is 405 g/mol. The summed E-state index contributed by atoms with van der Waals surface area (Å²) >= 11 is 0. The fraction of sp³-hybridized carbons (Fsp3) is 0.292. The van der Waals surface area contributed by atoms with Crippen molar-refractivity contribution in [3.63, 3.8) is 0 Å². The molecule has 2 aromatic carbocycles. The summed E-state index contributed by atoms with van der Waals surface area (Å²) in [6.07, 6.45) is 1.62. The Kier molecular flexibility index (Phi) is 6.67. The Bertz CT molecular complexity index is 1030. The number of amides is 1. The molecule has 0 aliphatic rings. The first-order chi connectivity index (χ1) is 14.4. The van der Waals surface area contributed by atoms with E-state index in [1.54, 1.807) is 24.3 Å². The normalized spacial score (nSPS) is 10.7. The van der Waals surface area contributed by atoms with E-state index in [1.807, 2.05) is 56.6 Å². The van der Waals surface area contributed by atoms with Gasteiger partial charge in [-0.25, -0.2) is 9.48 Å². The van der Waals surface area contributed by atoms with Gasteiger partial charge in [-0.1, -0.05) is 32.0 Å². The summed E-state index contributed by atoms with van der Waals surface area (Å²) in [5, 5.41) is 7.33. The molecule has 3 rings (SSSR count). The molecule has 156 valence electrons. The molecule has 0 saturated heterocycles. The molecule has 6 nitrogen and oxygen atoms in total. The van der Waals surface area contributed by atoms with E-state index in [-0.39, 0.29) is 12.5 Å². The van der Waals surface area contributed by atoms with Crippen molar-refractivity contribution in [2.45, 2.75) is 40.5 Å². The van der Waals surface area contributed by atoms with Gasteiger partial charge in [0.1, 0.15) is 0 Å². The summed E-state index contributed by atoms with van der Waals surface area (Å²) in [5.74, 6) is -0.886. The Morgan fingerprint density at radius 3 is 2.17 bits per heavy atom. The molecule has 1 aromatic heterocycles. The minimum Gasteiger partial charge on any atom is -0.452 e. The van der Waals surface area contributed by atoms with Gasteiger partial charge in [-0.15, -0.1) is 0 Å². The maximum absolute atomic E-state index is 12.4. The smallest absolute Gasteiger partial charge is 0.338 e. The highest BCUT2D eigenvalue weighted by Crippen LogP contribution is 2.22. The number of aryl methyl sites for hydroxylation is 4. The van der Waals surface area contributed by atoms with Gasteiger partial charge in [0.15, 0.2) is 6.61 Å². The molecule has 0 radical (unpaired) electrons. The highest BCUT2D eigenvalue weighted by Gasteiger charge is 2.14. The molecule has 0 aliphatic heterocycles. The van der Waals surface area contributed by atoms with Crippen molar-refractivity contribution in [2.75, 3.05) is 11.9 Å². The summed E-state index contributed by atoms with van der Waals surface area (Å²) in [4.78, 5) is 24.7. The number of aromatic nitrogens is 2. The van der Waals surface area contributed by atoms with Gasteiger partial charge in [-0.3, -0.25) is 4.79 Å². The zero-order valence-electron chi connectivity index (χ0n) is 17.9. The second kappa shape index (κ2) is 9.39. The summed E-state index contributed by atoms with van der Waals surface area (Å²) in [6.45, 7) is 7.66. The van der Waals surface area contributed by atoms with Crippen molar-refractivity contribution in [1.82, 2.24) is 9.78 Å². The van der Waals surface area contributed by atoms with Crippen LogP contribution in [-0.2, 0) is 22.4 Å². The van der Waals surface area contributed by atoms with Crippen LogP contribution >= 0.6 is 0 Å². The highest BCUT2D eigenvalue weighted by molar-refractivity contribution is 5.96. The van der Waals surface area contributed by atoms with E-state index in [0.717, 1.165) is 46.7 Å². The first kappa shape index (κ1) is 21.3. The van der Waals surface area contributed by atoms with Crippen molar-refractivity contribution in [3.8, 4) is 5.69 Å². The molecule has 0 bridgehead atoms. The Labute approximate surface area is 176 Å². The number of nitrogens with zero attached hydrogens (tertiary/aromatic N) is 2. The van der Waals surface area contributed by atoms with Crippen LogP contribution in [0.3, 0.4) is 0 Å². The van der Waals surface area contributed by atoms with Crippen molar-refractivity contribution >= 4 is 17.6 Å². The molecule has 30 heavy (non-hydrogen) atoms. The number of nitrogens with one attached hydrogen (secondary N) is 1. The average molecular weight is 405 g/mol. The fourth-order valence-electron chi connectivity index (χ4n) is 3.42. The predicted molar refractivity (Wildman–Crippen MR) is 117 cm³/mol. The molecular weight excluding hydrogens is 378 g/mol. The second-order valence-corrected chi connectivity index (χ2v) is 7.17. The van der Waals surface area contributed by atoms with Crippen LogP contribution in [0.15, 0.2) is 48.5 Å². The Hall–Kier alpha value is -3.41. The topological polar surface area (TPSA) is 73.2 Å². The van der Waals surface area contributed by atoms with Gasteiger partial charge < -0.3 is 10.1 Å². The molecule has 1 heterocycles. The number of esters is 1. The number of ether oxygens (including phenoxy) is 1. The largest absolute Gasteiger partial charge is 0.452 e. The fourth-order valence-corrected chi connectivity index (χ4v) is 3.42. The van der Waals surface area contributed by atoms with Crippen molar-refractivity contribution in [1.29, 1.82) is 0 Å².